The molecule has 0 spiro atoms. The number of rotatable bonds is 4. The summed E-state index contributed by atoms with van der Waals surface area (Å²) in [5.74, 6) is 1.33. The summed E-state index contributed by atoms with van der Waals surface area (Å²) in [4.78, 5) is 18.1. The van der Waals surface area contributed by atoms with Crippen LogP contribution in [-0.4, -0.2) is 41.2 Å². The number of carbonyl (C=O) groups is 1. The maximum absolute atomic E-state index is 11.5. The van der Waals surface area contributed by atoms with Gasteiger partial charge in [-0.05, 0) is 32.9 Å². The Hall–Kier alpha value is -1.43. The van der Waals surface area contributed by atoms with Crippen molar-refractivity contribution in [2.45, 2.75) is 39.2 Å². The van der Waals surface area contributed by atoms with Gasteiger partial charge in [0.05, 0.1) is 19.1 Å². The first-order valence-electron chi connectivity index (χ1n) is 6.80. The highest BCUT2D eigenvalue weighted by molar-refractivity contribution is 5.72. The minimum absolute atomic E-state index is 0.0299. The number of carbonyl (C=O) groups excluding carboxylic acids is 1. The summed E-state index contributed by atoms with van der Waals surface area (Å²) in [6, 6.07) is 0.103. The average molecular weight is 267 g/mol. The summed E-state index contributed by atoms with van der Waals surface area (Å²) in [6.07, 6.45) is 2.43. The lowest BCUT2D eigenvalue weighted by Crippen LogP contribution is -2.38. The number of nitrogens with zero attached hydrogens (tertiary/aromatic N) is 3. The molecule has 0 amide bonds. The van der Waals surface area contributed by atoms with Crippen LogP contribution < -0.4 is 0 Å². The zero-order chi connectivity index (χ0) is 13.8. The summed E-state index contributed by atoms with van der Waals surface area (Å²) in [6.45, 7) is 5.77. The van der Waals surface area contributed by atoms with Gasteiger partial charge in [0.25, 0.3) is 0 Å². The van der Waals surface area contributed by atoms with E-state index in [1.807, 2.05) is 6.92 Å². The van der Waals surface area contributed by atoms with Crippen LogP contribution in [0.2, 0.25) is 0 Å². The topological polar surface area (TPSA) is 68.5 Å². The van der Waals surface area contributed by atoms with E-state index in [1.54, 1.807) is 0 Å². The molecule has 19 heavy (non-hydrogen) atoms. The monoisotopic (exact) mass is 267 g/mol. The van der Waals surface area contributed by atoms with E-state index < -0.39 is 0 Å². The standard InChI is InChI=1S/C13H21N3O3/c1-4-11-14-12(19-15-11)9(2)16-7-5-10(6-8-16)13(17)18-3/h9-10H,4-8H2,1-3H3. The molecule has 1 aromatic heterocycles. The maximum Gasteiger partial charge on any atom is 0.308 e. The molecule has 1 aliphatic rings. The summed E-state index contributed by atoms with van der Waals surface area (Å²) >= 11 is 0. The molecule has 1 saturated heterocycles. The number of aromatic nitrogens is 2. The molecule has 2 heterocycles. The number of esters is 1. The SMILES string of the molecule is CCc1noc(C(C)N2CCC(C(=O)OC)CC2)n1. The van der Waals surface area contributed by atoms with Crippen LogP contribution in [0.25, 0.3) is 0 Å². The Kier molecular flexibility index (Phi) is 4.52. The summed E-state index contributed by atoms with van der Waals surface area (Å²) < 4.78 is 10.1. The summed E-state index contributed by atoms with van der Waals surface area (Å²) in [5.41, 5.74) is 0. The molecule has 1 aliphatic heterocycles. The first-order valence-corrected chi connectivity index (χ1v) is 6.80. The molecule has 1 fully saturated rings. The molecule has 1 aromatic rings. The van der Waals surface area contributed by atoms with E-state index in [0.717, 1.165) is 38.2 Å². The number of hydrogen-bond acceptors (Lipinski definition) is 6. The van der Waals surface area contributed by atoms with E-state index >= 15 is 0 Å². The fourth-order valence-corrected chi connectivity index (χ4v) is 2.43. The Labute approximate surface area is 113 Å². The lowest BCUT2D eigenvalue weighted by molar-refractivity contribution is -0.147. The highest BCUT2D eigenvalue weighted by atomic mass is 16.5. The molecule has 6 heteroatoms. The van der Waals surface area contributed by atoms with Crippen molar-refractivity contribution in [1.82, 2.24) is 15.0 Å². The van der Waals surface area contributed by atoms with E-state index in [2.05, 4.69) is 22.0 Å². The minimum atomic E-state index is -0.0987. The van der Waals surface area contributed by atoms with Crippen molar-refractivity contribution in [2.75, 3.05) is 20.2 Å². The number of aryl methyl sites for hydroxylation is 1. The number of piperidine rings is 1. The second-order valence-electron chi connectivity index (χ2n) is 4.91. The quantitative estimate of drug-likeness (QED) is 0.771. The second-order valence-corrected chi connectivity index (χ2v) is 4.91. The number of methoxy groups -OCH3 is 1. The minimum Gasteiger partial charge on any atom is -0.469 e. The Morgan fingerprint density at radius 1 is 1.53 bits per heavy atom. The Balaban J connectivity index is 1.92. The van der Waals surface area contributed by atoms with Crippen LogP contribution in [0.5, 0.6) is 0 Å². The molecule has 1 atom stereocenters. The molecule has 0 aromatic carbocycles. The van der Waals surface area contributed by atoms with E-state index in [4.69, 9.17) is 9.26 Å². The number of likely N-dealkylation sites (tertiary alicyclic amines) is 1. The van der Waals surface area contributed by atoms with Crippen molar-refractivity contribution in [3.8, 4) is 0 Å². The van der Waals surface area contributed by atoms with Crippen LogP contribution in [0, 0.1) is 5.92 Å². The van der Waals surface area contributed by atoms with Crippen molar-refractivity contribution in [1.29, 1.82) is 0 Å². The number of ether oxygens (including phenoxy) is 1. The largest absolute Gasteiger partial charge is 0.469 e. The van der Waals surface area contributed by atoms with Gasteiger partial charge in [-0.15, -0.1) is 0 Å². The van der Waals surface area contributed by atoms with Crippen molar-refractivity contribution < 1.29 is 14.1 Å². The van der Waals surface area contributed by atoms with Gasteiger partial charge in [0, 0.05) is 6.42 Å². The number of hydrogen-bond donors (Lipinski definition) is 0. The lowest BCUT2D eigenvalue weighted by Gasteiger charge is -2.33. The van der Waals surface area contributed by atoms with Crippen LogP contribution in [0.15, 0.2) is 4.52 Å². The Bertz CT molecular complexity index is 425. The van der Waals surface area contributed by atoms with Gasteiger partial charge < -0.3 is 9.26 Å². The van der Waals surface area contributed by atoms with Crippen LogP contribution >= 0.6 is 0 Å². The van der Waals surface area contributed by atoms with E-state index in [1.165, 1.54) is 7.11 Å². The fourth-order valence-electron chi connectivity index (χ4n) is 2.43. The average Bonchev–Trinajstić information content (AvgIpc) is 2.94. The third-order valence-electron chi connectivity index (χ3n) is 3.77. The van der Waals surface area contributed by atoms with E-state index in [0.29, 0.717) is 5.89 Å². The zero-order valence-electron chi connectivity index (χ0n) is 11.8. The van der Waals surface area contributed by atoms with Crippen molar-refractivity contribution in [3.05, 3.63) is 11.7 Å². The van der Waals surface area contributed by atoms with Gasteiger partial charge in [0.2, 0.25) is 5.89 Å². The van der Waals surface area contributed by atoms with Crippen LogP contribution in [0.1, 0.15) is 44.4 Å². The second kappa shape index (κ2) is 6.14. The van der Waals surface area contributed by atoms with Gasteiger partial charge in [-0.1, -0.05) is 12.1 Å². The van der Waals surface area contributed by atoms with Crippen LogP contribution in [0.4, 0.5) is 0 Å². The molecular weight excluding hydrogens is 246 g/mol. The zero-order valence-corrected chi connectivity index (χ0v) is 11.8. The highest BCUT2D eigenvalue weighted by Gasteiger charge is 2.30. The fraction of sp³-hybridized carbons (Fsp3) is 0.769. The molecule has 106 valence electrons. The van der Waals surface area contributed by atoms with Gasteiger partial charge in [-0.2, -0.15) is 4.98 Å². The predicted molar refractivity (Wildman–Crippen MR) is 68.4 cm³/mol. The predicted octanol–water partition coefficient (Wildman–Crippen LogP) is 1.58. The van der Waals surface area contributed by atoms with E-state index in [-0.39, 0.29) is 17.9 Å². The Morgan fingerprint density at radius 3 is 2.74 bits per heavy atom. The molecule has 1 unspecified atom stereocenters. The third-order valence-corrected chi connectivity index (χ3v) is 3.77. The summed E-state index contributed by atoms with van der Waals surface area (Å²) in [5, 5.41) is 3.92. The lowest BCUT2D eigenvalue weighted by atomic mass is 9.96. The molecule has 2 rings (SSSR count). The van der Waals surface area contributed by atoms with Gasteiger partial charge in [-0.25, -0.2) is 0 Å². The van der Waals surface area contributed by atoms with Gasteiger partial charge in [-0.3, -0.25) is 9.69 Å². The van der Waals surface area contributed by atoms with E-state index in [9.17, 15) is 4.79 Å². The van der Waals surface area contributed by atoms with Gasteiger partial charge in [0.1, 0.15) is 0 Å². The molecule has 0 bridgehead atoms. The van der Waals surface area contributed by atoms with Gasteiger partial charge >= 0.3 is 5.97 Å². The molecule has 0 N–H and O–H groups in total. The normalized spacial score (nSPS) is 19.3. The van der Waals surface area contributed by atoms with Crippen molar-refractivity contribution in [3.63, 3.8) is 0 Å². The summed E-state index contributed by atoms with van der Waals surface area (Å²) in [7, 11) is 1.45. The first-order chi connectivity index (χ1) is 9.15. The molecule has 0 radical (unpaired) electrons. The molecule has 0 saturated carbocycles. The molecule has 6 nitrogen and oxygen atoms in total. The highest BCUT2D eigenvalue weighted by Crippen LogP contribution is 2.26. The third kappa shape index (κ3) is 3.12. The Morgan fingerprint density at radius 2 is 2.21 bits per heavy atom. The smallest absolute Gasteiger partial charge is 0.308 e. The maximum atomic E-state index is 11.5. The van der Waals surface area contributed by atoms with Crippen LogP contribution in [0.3, 0.4) is 0 Å². The van der Waals surface area contributed by atoms with Gasteiger partial charge in [0.15, 0.2) is 5.82 Å². The van der Waals surface area contributed by atoms with Crippen molar-refractivity contribution >= 4 is 5.97 Å². The molecule has 0 aliphatic carbocycles. The van der Waals surface area contributed by atoms with Crippen molar-refractivity contribution in [2.24, 2.45) is 5.92 Å². The molecular formula is C13H21N3O3. The van der Waals surface area contributed by atoms with Crippen LogP contribution in [-0.2, 0) is 16.0 Å². The first kappa shape index (κ1) is 14.0.